The Balaban J connectivity index is 1.49. The average Bonchev–Trinajstić information content (AvgIpc) is 2.83. The fourth-order valence-corrected chi connectivity index (χ4v) is 3.62. The van der Waals surface area contributed by atoms with Crippen LogP contribution in [0.1, 0.15) is 16.8 Å². The van der Waals surface area contributed by atoms with E-state index in [-0.39, 0.29) is 23.8 Å². The zero-order chi connectivity index (χ0) is 24.0. The van der Waals surface area contributed by atoms with Gasteiger partial charge in [0.2, 0.25) is 11.7 Å². The number of anilines is 1. The Morgan fingerprint density at radius 1 is 0.909 bits per heavy atom. The minimum absolute atomic E-state index is 0.118. The summed E-state index contributed by atoms with van der Waals surface area (Å²) in [6, 6.07) is 6.45. The van der Waals surface area contributed by atoms with E-state index in [1.807, 2.05) is 0 Å². The van der Waals surface area contributed by atoms with Gasteiger partial charge in [-0.15, -0.1) is 0 Å². The molecule has 3 rings (SSSR count). The average molecular weight is 463 g/mol. The van der Waals surface area contributed by atoms with Crippen molar-refractivity contribution in [3.63, 3.8) is 0 Å². The Hall–Kier alpha value is -3.40. The first kappa shape index (κ1) is 24.2. The number of piperazine rings is 1. The lowest BCUT2D eigenvalue weighted by Gasteiger charge is -2.34. The zero-order valence-electron chi connectivity index (χ0n) is 18.8. The smallest absolute Gasteiger partial charge is 0.254 e. The van der Waals surface area contributed by atoms with Gasteiger partial charge in [0.15, 0.2) is 23.1 Å². The van der Waals surface area contributed by atoms with Gasteiger partial charge in [0.25, 0.3) is 5.91 Å². The molecule has 1 N–H and O–H groups in total. The van der Waals surface area contributed by atoms with Crippen LogP contribution in [-0.4, -0.2) is 75.7 Å². The summed E-state index contributed by atoms with van der Waals surface area (Å²) >= 11 is 0. The molecular formula is C23H27F2N3O5. The van der Waals surface area contributed by atoms with Crippen molar-refractivity contribution in [2.24, 2.45) is 0 Å². The summed E-state index contributed by atoms with van der Waals surface area (Å²) in [5, 5.41) is 2.83. The van der Waals surface area contributed by atoms with E-state index in [0.717, 1.165) is 12.1 Å². The fraction of sp³-hybridized carbons (Fsp3) is 0.391. The minimum atomic E-state index is -1.04. The Bertz CT molecular complexity index is 985. The molecule has 0 atom stereocenters. The second kappa shape index (κ2) is 11.0. The maximum absolute atomic E-state index is 13.4. The summed E-state index contributed by atoms with van der Waals surface area (Å²) < 4.78 is 42.4. The second-order valence-electron chi connectivity index (χ2n) is 7.47. The second-order valence-corrected chi connectivity index (χ2v) is 7.47. The van der Waals surface area contributed by atoms with E-state index in [4.69, 9.17) is 14.2 Å². The SMILES string of the molecule is COc1cc(NC(=O)CCN2CCN(C(=O)c3ccc(F)c(F)c3)CC2)cc(OC)c1OC. The quantitative estimate of drug-likeness (QED) is 0.649. The summed E-state index contributed by atoms with van der Waals surface area (Å²) in [5.74, 6) is -1.23. The van der Waals surface area contributed by atoms with Gasteiger partial charge < -0.3 is 24.4 Å². The van der Waals surface area contributed by atoms with Crippen LogP contribution in [0.5, 0.6) is 17.2 Å². The number of hydrogen-bond acceptors (Lipinski definition) is 6. The first-order valence-corrected chi connectivity index (χ1v) is 10.4. The topological polar surface area (TPSA) is 80.3 Å². The molecule has 0 radical (unpaired) electrons. The number of nitrogens with zero attached hydrogens (tertiary/aromatic N) is 2. The fourth-order valence-electron chi connectivity index (χ4n) is 3.62. The van der Waals surface area contributed by atoms with Crippen molar-refractivity contribution in [2.45, 2.75) is 6.42 Å². The third-order valence-electron chi connectivity index (χ3n) is 5.43. The molecule has 0 saturated carbocycles. The number of rotatable bonds is 8. The van der Waals surface area contributed by atoms with Gasteiger partial charge in [-0.3, -0.25) is 14.5 Å². The highest BCUT2D eigenvalue weighted by atomic mass is 19.2. The number of ether oxygens (including phenoxy) is 3. The van der Waals surface area contributed by atoms with Crippen LogP contribution in [0.2, 0.25) is 0 Å². The monoisotopic (exact) mass is 463 g/mol. The number of methoxy groups -OCH3 is 3. The number of halogens is 2. The molecule has 2 amide bonds. The van der Waals surface area contributed by atoms with Gasteiger partial charge in [-0.2, -0.15) is 0 Å². The van der Waals surface area contributed by atoms with E-state index in [1.54, 1.807) is 17.0 Å². The number of benzene rings is 2. The molecule has 1 saturated heterocycles. The van der Waals surface area contributed by atoms with Crippen molar-refractivity contribution < 1.29 is 32.6 Å². The summed E-state index contributed by atoms with van der Waals surface area (Å²) in [5.41, 5.74) is 0.642. The van der Waals surface area contributed by atoms with Gasteiger partial charge in [-0.05, 0) is 18.2 Å². The van der Waals surface area contributed by atoms with E-state index < -0.39 is 11.6 Å². The Labute approximate surface area is 191 Å². The van der Waals surface area contributed by atoms with Gasteiger partial charge in [-0.1, -0.05) is 0 Å². The third-order valence-corrected chi connectivity index (χ3v) is 5.43. The van der Waals surface area contributed by atoms with Gasteiger partial charge in [0.1, 0.15) is 0 Å². The lowest BCUT2D eigenvalue weighted by atomic mass is 10.1. The molecule has 33 heavy (non-hydrogen) atoms. The molecule has 178 valence electrons. The van der Waals surface area contributed by atoms with E-state index >= 15 is 0 Å². The molecular weight excluding hydrogens is 436 g/mol. The highest BCUT2D eigenvalue weighted by Gasteiger charge is 2.23. The van der Waals surface area contributed by atoms with E-state index in [9.17, 15) is 18.4 Å². The molecule has 0 spiro atoms. The molecule has 1 heterocycles. The number of carbonyl (C=O) groups excluding carboxylic acids is 2. The molecule has 2 aromatic rings. The molecule has 1 aliphatic rings. The van der Waals surface area contributed by atoms with Crippen LogP contribution in [0.4, 0.5) is 14.5 Å². The van der Waals surface area contributed by atoms with Crippen molar-refractivity contribution in [1.82, 2.24) is 9.80 Å². The van der Waals surface area contributed by atoms with Gasteiger partial charge in [-0.25, -0.2) is 8.78 Å². The van der Waals surface area contributed by atoms with Crippen molar-refractivity contribution >= 4 is 17.5 Å². The van der Waals surface area contributed by atoms with E-state index in [1.165, 1.54) is 27.4 Å². The highest BCUT2D eigenvalue weighted by molar-refractivity contribution is 5.94. The van der Waals surface area contributed by atoms with Crippen LogP contribution in [0.15, 0.2) is 30.3 Å². The number of nitrogens with one attached hydrogen (secondary N) is 1. The molecule has 0 bridgehead atoms. The van der Waals surface area contributed by atoms with Crippen LogP contribution < -0.4 is 19.5 Å². The van der Waals surface area contributed by atoms with Gasteiger partial charge in [0, 0.05) is 62.5 Å². The highest BCUT2D eigenvalue weighted by Crippen LogP contribution is 2.39. The summed E-state index contributed by atoms with van der Waals surface area (Å²) in [4.78, 5) is 28.6. The first-order chi connectivity index (χ1) is 15.9. The Morgan fingerprint density at radius 2 is 1.55 bits per heavy atom. The van der Waals surface area contributed by atoms with Crippen LogP contribution in [0.3, 0.4) is 0 Å². The number of amides is 2. The lowest BCUT2D eigenvalue weighted by Crippen LogP contribution is -2.49. The van der Waals surface area contributed by atoms with Crippen molar-refractivity contribution in [3.05, 3.63) is 47.5 Å². The van der Waals surface area contributed by atoms with Gasteiger partial charge >= 0.3 is 0 Å². The third kappa shape index (κ3) is 5.89. The summed E-state index contributed by atoms with van der Waals surface area (Å²) in [7, 11) is 4.50. The lowest BCUT2D eigenvalue weighted by molar-refractivity contribution is -0.116. The minimum Gasteiger partial charge on any atom is -0.493 e. The maximum atomic E-state index is 13.4. The summed E-state index contributed by atoms with van der Waals surface area (Å²) in [6.07, 6.45) is 0.258. The summed E-state index contributed by atoms with van der Waals surface area (Å²) in [6.45, 7) is 2.54. The van der Waals surface area contributed by atoms with Crippen LogP contribution in [0.25, 0.3) is 0 Å². The Kier molecular flexibility index (Phi) is 8.05. The standard InChI is InChI=1S/C23H27F2N3O5/c1-31-19-13-16(14-20(32-2)22(19)33-3)26-21(29)6-7-27-8-10-28(11-9-27)23(30)15-4-5-17(24)18(25)12-15/h4-5,12-14H,6-11H2,1-3H3,(H,26,29). The molecule has 1 fully saturated rings. The zero-order valence-corrected chi connectivity index (χ0v) is 18.8. The van der Waals surface area contributed by atoms with Crippen molar-refractivity contribution in [1.29, 1.82) is 0 Å². The van der Waals surface area contributed by atoms with Crippen LogP contribution in [0, 0.1) is 11.6 Å². The maximum Gasteiger partial charge on any atom is 0.254 e. The number of carbonyl (C=O) groups is 2. The van der Waals surface area contributed by atoms with Crippen molar-refractivity contribution in [2.75, 3.05) is 59.4 Å². The largest absolute Gasteiger partial charge is 0.493 e. The predicted molar refractivity (Wildman–Crippen MR) is 118 cm³/mol. The van der Waals surface area contributed by atoms with E-state index in [0.29, 0.717) is 55.7 Å². The molecule has 8 nitrogen and oxygen atoms in total. The van der Waals surface area contributed by atoms with E-state index in [2.05, 4.69) is 10.2 Å². The number of hydrogen-bond donors (Lipinski definition) is 1. The molecule has 0 aliphatic carbocycles. The molecule has 0 unspecified atom stereocenters. The molecule has 0 aromatic heterocycles. The first-order valence-electron chi connectivity index (χ1n) is 10.4. The Morgan fingerprint density at radius 3 is 2.09 bits per heavy atom. The van der Waals surface area contributed by atoms with Crippen LogP contribution >= 0.6 is 0 Å². The molecule has 1 aliphatic heterocycles. The molecule has 2 aromatic carbocycles. The molecule has 10 heteroatoms. The van der Waals surface area contributed by atoms with Gasteiger partial charge in [0.05, 0.1) is 21.3 Å². The van der Waals surface area contributed by atoms with Crippen LogP contribution in [-0.2, 0) is 4.79 Å². The predicted octanol–water partition coefficient (Wildman–Crippen LogP) is 2.78. The normalized spacial score (nSPS) is 14.0. The van der Waals surface area contributed by atoms with Crippen molar-refractivity contribution in [3.8, 4) is 17.2 Å².